The fourth-order valence-electron chi connectivity index (χ4n) is 2.18. The van der Waals surface area contributed by atoms with Crippen LogP contribution in [0.1, 0.15) is 25.3 Å². The first-order valence-electron chi connectivity index (χ1n) is 7.14. The monoisotopic (exact) mass is 286 g/mol. The number of carbonyl (C=O) groups is 1. The molecule has 0 aromatic heterocycles. The number of rotatable bonds is 5. The van der Waals surface area contributed by atoms with E-state index in [1.54, 1.807) is 0 Å². The van der Waals surface area contributed by atoms with Gasteiger partial charge in [0, 0.05) is 25.2 Å². The van der Waals surface area contributed by atoms with Crippen molar-refractivity contribution in [1.82, 2.24) is 5.32 Å². The Morgan fingerprint density at radius 1 is 1.43 bits per heavy atom. The van der Waals surface area contributed by atoms with Gasteiger partial charge in [-0.1, -0.05) is 24.3 Å². The van der Waals surface area contributed by atoms with E-state index in [0.717, 1.165) is 29.8 Å². The highest BCUT2D eigenvalue weighted by Crippen LogP contribution is 2.21. The number of nitrogens with zero attached hydrogens (tertiary/aromatic N) is 2. The van der Waals surface area contributed by atoms with Gasteiger partial charge in [0.25, 0.3) is 0 Å². The molecule has 5 heteroatoms. The van der Waals surface area contributed by atoms with Crippen molar-refractivity contribution in [2.45, 2.75) is 26.3 Å². The van der Waals surface area contributed by atoms with Crippen LogP contribution in [0.15, 0.2) is 41.4 Å². The number of anilines is 1. The van der Waals surface area contributed by atoms with Crippen LogP contribution in [0.25, 0.3) is 0 Å². The summed E-state index contributed by atoms with van der Waals surface area (Å²) in [6, 6.07) is 7.89. The largest absolute Gasteiger partial charge is 0.370 e. The lowest BCUT2D eigenvalue weighted by atomic mass is 10.2. The molecule has 5 nitrogen and oxygen atoms in total. The van der Waals surface area contributed by atoms with Gasteiger partial charge < -0.3 is 16.0 Å². The Labute approximate surface area is 125 Å². The summed E-state index contributed by atoms with van der Waals surface area (Å²) in [7, 11) is 0. The molecular formula is C16H22N4O. The molecule has 0 saturated carbocycles. The van der Waals surface area contributed by atoms with E-state index in [1.807, 2.05) is 36.1 Å². The second-order valence-electron chi connectivity index (χ2n) is 5.33. The topological polar surface area (TPSA) is 70.7 Å². The number of hydrogen-bond donors (Lipinski definition) is 2. The maximum absolute atomic E-state index is 11.7. The second kappa shape index (κ2) is 6.92. The summed E-state index contributed by atoms with van der Waals surface area (Å²) < 4.78 is 0. The van der Waals surface area contributed by atoms with Gasteiger partial charge in [-0.3, -0.25) is 4.79 Å². The highest BCUT2D eigenvalue weighted by Gasteiger charge is 2.21. The summed E-state index contributed by atoms with van der Waals surface area (Å²) in [5.41, 5.74) is 8.79. The van der Waals surface area contributed by atoms with Crippen molar-refractivity contribution in [1.29, 1.82) is 0 Å². The SMILES string of the molecule is C=C(C)CNC(N)=NCc1ccc(N2CCCC2=O)cc1. The van der Waals surface area contributed by atoms with Crippen LogP contribution in [-0.4, -0.2) is 25.0 Å². The molecule has 1 heterocycles. The number of nitrogens with two attached hydrogens (primary N) is 1. The van der Waals surface area contributed by atoms with Crippen LogP contribution in [-0.2, 0) is 11.3 Å². The van der Waals surface area contributed by atoms with Crippen LogP contribution in [0, 0.1) is 0 Å². The van der Waals surface area contributed by atoms with Crippen molar-refractivity contribution in [2.75, 3.05) is 18.0 Å². The number of carbonyl (C=O) groups excluding carboxylic acids is 1. The first-order valence-corrected chi connectivity index (χ1v) is 7.14. The average Bonchev–Trinajstić information content (AvgIpc) is 2.89. The van der Waals surface area contributed by atoms with Gasteiger partial charge in [-0.2, -0.15) is 0 Å². The molecule has 0 bridgehead atoms. The second-order valence-corrected chi connectivity index (χ2v) is 5.33. The third-order valence-electron chi connectivity index (χ3n) is 3.32. The van der Waals surface area contributed by atoms with Gasteiger partial charge in [0.15, 0.2) is 5.96 Å². The van der Waals surface area contributed by atoms with E-state index in [0.29, 0.717) is 25.5 Å². The Bertz CT molecular complexity index is 548. The zero-order chi connectivity index (χ0) is 15.2. The Hall–Kier alpha value is -2.30. The van der Waals surface area contributed by atoms with Crippen molar-refractivity contribution in [3.8, 4) is 0 Å². The summed E-state index contributed by atoms with van der Waals surface area (Å²) in [6.45, 7) is 7.68. The molecule has 1 aliphatic heterocycles. The predicted molar refractivity (Wildman–Crippen MR) is 86.2 cm³/mol. The summed E-state index contributed by atoms with van der Waals surface area (Å²) >= 11 is 0. The third kappa shape index (κ3) is 4.34. The predicted octanol–water partition coefficient (Wildman–Crippen LogP) is 1.79. The minimum Gasteiger partial charge on any atom is -0.370 e. The van der Waals surface area contributed by atoms with Gasteiger partial charge in [0.2, 0.25) is 5.91 Å². The smallest absolute Gasteiger partial charge is 0.227 e. The van der Waals surface area contributed by atoms with Crippen molar-refractivity contribution in [2.24, 2.45) is 10.7 Å². The molecule has 3 N–H and O–H groups in total. The van der Waals surface area contributed by atoms with Gasteiger partial charge in [-0.05, 0) is 31.0 Å². The van der Waals surface area contributed by atoms with E-state index in [4.69, 9.17) is 5.73 Å². The highest BCUT2D eigenvalue weighted by molar-refractivity contribution is 5.95. The Morgan fingerprint density at radius 3 is 2.71 bits per heavy atom. The molecule has 1 fully saturated rings. The lowest BCUT2D eigenvalue weighted by Gasteiger charge is -2.15. The maximum Gasteiger partial charge on any atom is 0.227 e. The van der Waals surface area contributed by atoms with Crippen molar-refractivity contribution in [3.63, 3.8) is 0 Å². The minimum atomic E-state index is 0.203. The third-order valence-corrected chi connectivity index (χ3v) is 3.32. The van der Waals surface area contributed by atoms with Crippen LogP contribution in [0.4, 0.5) is 5.69 Å². The van der Waals surface area contributed by atoms with Gasteiger partial charge in [0.1, 0.15) is 0 Å². The van der Waals surface area contributed by atoms with E-state index in [-0.39, 0.29) is 5.91 Å². The standard InChI is InChI=1S/C16H22N4O/c1-12(2)10-18-16(17)19-11-13-5-7-14(8-6-13)20-9-3-4-15(20)21/h5-8H,1,3-4,9-11H2,2H3,(H3,17,18,19). The zero-order valence-corrected chi connectivity index (χ0v) is 12.4. The maximum atomic E-state index is 11.7. The first kappa shape index (κ1) is 15.1. The van der Waals surface area contributed by atoms with Crippen LogP contribution in [0.2, 0.25) is 0 Å². The van der Waals surface area contributed by atoms with Gasteiger partial charge in [-0.25, -0.2) is 4.99 Å². The van der Waals surface area contributed by atoms with E-state index >= 15 is 0 Å². The van der Waals surface area contributed by atoms with Gasteiger partial charge in [-0.15, -0.1) is 0 Å². The highest BCUT2D eigenvalue weighted by atomic mass is 16.2. The fourth-order valence-corrected chi connectivity index (χ4v) is 2.18. The molecule has 1 amide bonds. The number of benzene rings is 1. The molecule has 0 atom stereocenters. The lowest BCUT2D eigenvalue weighted by molar-refractivity contribution is -0.117. The summed E-state index contributed by atoms with van der Waals surface area (Å²) in [5.74, 6) is 0.616. The van der Waals surface area contributed by atoms with Crippen molar-refractivity contribution >= 4 is 17.6 Å². The van der Waals surface area contributed by atoms with Crippen molar-refractivity contribution in [3.05, 3.63) is 42.0 Å². The minimum absolute atomic E-state index is 0.203. The molecule has 1 aromatic carbocycles. The molecular weight excluding hydrogens is 264 g/mol. The normalized spacial score (nSPS) is 15.4. The molecule has 0 radical (unpaired) electrons. The van der Waals surface area contributed by atoms with Crippen molar-refractivity contribution < 1.29 is 4.79 Å². The number of amides is 1. The fraction of sp³-hybridized carbons (Fsp3) is 0.375. The van der Waals surface area contributed by atoms with Crippen LogP contribution in [0.3, 0.4) is 0 Å². The molecule has 2 rings (SSSR count). The molecule has 0 spiro atoms. The number of nitrogens with one attached hydrogen (secondary N) is 1. The summed E-state index contributed by atoms with van der Waals surface area (Å²) in [5, 5.41) is 2.99. The van der Waals surface area contributed by atoms with E-state index < -0.39 is 0 Å². The molecule has 21 heavy (non-hydrogen) atoms. The first-order chi connectivity index (χ1) is 10.1. The molecule has 0 aliphatic carbocycles. The molecule has 0 unspecified atom stereocenters. The molecule has 1 aliphatic rings. The van der Waals surface area contributed by atoms with Crippen LogP contribution in [0.5, 0.6) is 0 Å². The number of guanidine groups is 1. The number of aliphatic imine (C=N–C) groups is 1. The zero-order valence-electron chi connectivity index (χ0n) is 12.4. The lowest BCUT2D eigenvalue weighted by Crippen LogP contribution is -2.32. The Balaban J connectivity index is 1.91. The van der Waals surface area contributed by atoms with E-state index in [2.05, 4.69) is 16.9 Å². The average molecular weight is 286 g/mol. The molecule has 112 valence electrons. The van der Waals surface area contributed by atoms with Crippen LogP contribution >= 0.6 is 0 Å². The molecule has 1 aromatic rings. The molecule has 1 saturated heterocycles. The summed E-state index contributed by atoms with van der Waals surface area (Å²) in [6.07, 6.45) is 1.59. The van der Waals surface area contributed by atoms with Gasteiger partial charge in [0.05, 0.1) is 6.54 Å². The summed E-state index contributed by atoms with van der Waals surface area (Å²) in [4.78, 5) is 17.8. The quantitative estimate of drug-likeness (QED) is 0.492. The number of hydrogen-bond acceptors (Lipinski definition) is 2. The Kier molecular flexibility index (Phi) is 4.98. The van der Waals surface area contributed by atoms with Crippen LogP contribution < -0.4 is 16.0 Å². The van der Waals surface area contributed by atoms with E-state index in [9.17, 15) is 4.79 Å². The Morgan fingerprint density at radius 2 is 2.14 bits per heavy atom. The van der Waals surface area contributed by atoms with E-state index in [1.165, 1.54) is 0 Å². The van der Waals surface area contributed by atoms with Gasteiger partial charge >= 0.3 is 0 Å².